The van der Waals surface area contributed by atoms with Crippen molar-refractivity contribution < 1.29 is 14.7 Å². The van der Waals surface area contributed by atoms with E-state index in [0.717, 1.165) is 16.8 Å². The van der Waals surface area contributed by atoms with Crippen molar-refractivity contribution in [2.75, 3.05) is 18.4 Å². The minimum absolute atomic E-state index is 0.0166. The number of amides is 1. The first-order valence-corrected chi connectivity index (χ1v) is 7.88. The summed E-state index contributed by atoms with van der Waals surface area (Å²) in [5, 5.41) is 21.2. The van der Waals surface area contributed by atoms with Gasteiger partial charge in [-0.15, -0.1) is 0 Å². The molecule has 1 aromatic carbocycles. The fourth-order valence-electron chi connectivity index (χ4n) is 2.86. The van der Waals surface area contributed by atoms with Gasteiger partial charge in [0.15, 0.2) is 0 Å². The summed E-state index contributed by atoms with van der Waals surface area (Å²) >= 11 is 0. The Bertz CT molecular complexity index is 690. The second kappa shape index (κ2) is 7.64. The molecule has 1 heterocycles. The number of carboxylic acid groups (broad SMARTS) is 1. The molecule has 1 aromatic rings. The van der Waals surface area contributed by atoms with Gasteiger partial charge in [0, 0.05) is 25.0 Å². The number of hydrogen-bond acceptors (Lipinski definition) is 4. The molecular formula is C18H21N3O3. The molecule has 24 heavy (non-hydrogen) atoms. The third-order valence-electron chi connectivity index (χ3n) is 4.09. The van der Waals surface area contributed by atoms with Crippen LogP contribution in [0.1, 0.15) is 24.0 Å². The van der Waals surface area contributed by atoms with Gasteiger partial charge in [-0.05, 0) is 49.9 Å². The van der Waals surface area contributed by atoms with E-state index in [1.807, 2.05) is 38.1 Å². The van der Waals surface area contributed by atoms with Gasteiger partial charge in [0.1, 0.15) is 11.6 Å². The lowest BCUT2D eigenvalue weighted by Gasteiger charge is -2.29. The Morgan fingerprint density at radius 2 is 1.83 bits per heavy atom. The number of hydrogen-bond donors (Lipinski definition) is 2. The van der Waals surface area contributed by atoms with E-state index in [1.165, 1.54) is 11.1 Å². The van der Waals surface area contributed by atoms with Crippen molar-refractivity contribution in [3.8, 4) is 6.07 Å². The van der Waals surface area contributed by atoms with Crippen LogP contribution in [0.5, 0.6) is 0 Å². The predicted octanol–water partition coefficient (Wildman–Crippen LogP) is 2.45. The lowest BCUT2D eigenvalue weighted by atomic mass is 9.97. The van der Waals surface area contributed by atoms with Crippen LogP contribution in [0.2, 0.25) is 0 Å². The quantitative estimate of drug-likeness (QED) is 0.654. The van der Waals surface area contributed by atoms with E-state index in [2.05, 4.69) is 5.32 Å². The summed E-state index contributed by atoms with van der Waals surface area (Å²) in [4.78, 5) is 24.9. The van der Waals surface area contributed by atoms with Gasteiger partial charge in [-0.3, -0.25) is 9.59 Å². The van der Waals surface area contributed by atoms with E-state index in [4.69, 9.17) is 5.11 Å². The second-order valence-corrected chi connectivity index (χ2v) is 6.10. The van der Waals surface area contributed by atoms with Crippen LogP contribution in [0.3, 0.4) is 0 Å². The number of piperidine rings is 1. The SMILES string of the molecule is Cc1cc(C)cc(N/C=C(/C#N)C(=O)N2CCC(C(=O)O)CC2)c1. The van der Waals surface area contributed by atoms with Crippen molar-refractivity contribution in [3.05, 3.63) is 41.1 Å². The molecule has 2 rings (SSSR count). The number of rotatable bonds is 4. The molecule has 0 bridgehead atoms. The van der Waals surface area contributed by atoms with Crippen LogP contribution in [0.15, 0.2) is 30.0 Å². The van der Waals surface area contributed by atoms with Crippen LogP contribution in [0.25, 0.3) is 0 Å². The van der Waals surface area contributed by atoms with E-state index >= 15 is 0 Å². The van der Waals surface area contributed by atoms with E-state index in [-0.39, 0.29) is 11.5 Å². The van der Waals surface area contributed by atoms with Crippen LogP contribution in [0.4, 0.5) is 5.69 Å². The summed E-state index contributed by atoms with van der Waals surface area (Å²) in [7, 11) is 0. The molecule has 1 fully saturated rings. The number of nitriles is 1. The summed E-state index contributed by atoms with van der Waals surface area (Å²) in [6, 6.07) is 7.83. The number of carboxylic acids is 1. The Morgan fingerprint density at radius 3 is 2.33 bits per heavy atom. The highest BCUT2D eigenvalue weighted by molar-refractivity contribution is 5.97. The fourth-order valence-corrected chi connectivity index (χ4v) is 2.86. The Kier molecular flexibility index (Phi) is 5.59. The van der Waals surface area contributed by atoms with E-state index < -0.39 is 11.9 Å². The monoisotopic (exact) mass is 327 g/mol. The molecule has 0 saturated carbocycles. The number of aliphatic carboxylic acids is 1. The largest absolute Gasteiger partial charge is 0.481 e. The Hall–Kier alpha value is -2.81. The van der Waals surface area contributed by atoms with Crippen molar-refractivity contribution in [1.29, 1.82) is 5.26 Å². The second-order valence-electron chi connectivity index (χ2n) is 6.10. The Balaban J connectivity index is 2.04. The van der Waals surface area contributed by atoms with Crippen LogP contribution < -0.4 is 5.32 Å². The van der Waals surface area contributed by atoms with Gasteiger partial charge in [-0.2, -0.15) is 5.26 Å². The molecular weight excluding hydrogens is 306 g/mol. The molecule has 0 aromatic heterocycles. The van der Waals surface area contributed by atoms with E-state index in [1.54, 1.807) is 0 Å². The third kappa shape index (κ3) is 4.35. The molecule has 0 atom stereocenters. The van der Waals surface area contributed by atoms with Crippen LogP contribution in [-0.2, 0) is 9.59 Å². The van der Waals surface area contributed by atoms with E-state index in [0.29, 0.717) is 25.9 Å². The van der Waals surface area contributed by atoms with Gasteiger partial charge in [0.05, 0.1) is 5.92 Å². The first-order chi connectivity index (χ1) is 11.4. The lowest BCUT2D eigenvalue weighted by molar-refractivity contribution is -0.145. The highest BCUT2D eigenvalue weighted by atomic mass is 16.4. The molecule has 126 valence electrons. The van der Waals surface area contributed by atoms with Gasteiger partial charge in [0.2, 0.25) is 0 Å². The normalized spacial score (nSPS) is 15.7. The minimum Gasteiger partial charge on any atom is -0.481 e. The zero-order valence-electron chi connectivity index (χ0n) is 13.9. The number of nitrogens with zero attached hydrogens (tertiary/aromatic N) is 2. The molecule has 2 N–H and O–H groups in total. The number of likely N-dealkylation sites (tertiary alicyclic amines) is 1. The van der Waals surface area contributed by atoms with Crippen LogP contribution in [-0.4, -0.2) is 35.0 Å². The molecule has 0 spiro atoms. The predicted molar refractivity (Wildman–Crippen MR) is 90.2 cm³/mol. The average molecular weight is 327 g/mol. The summed E-state index contributed by atoms with van der Waals surface area (Å²) in [5.41, 5.74) is 3.01. The number of carbonyl (C=O) groups is 2. The summed E-state index contributed by atoms with van der Waals surface area (Å²) in [5.74, 6) is -1.59. The molecule has 1 aliphatic heterocycles. The van der Waals surface area contributed by atoms with E-state index in [9.17, 15) is 14.9 Å². The highest BCUT2D eigenvalue weighted by Crippen LogP contribution is 2.19. The number of benzene rings is 1. The summed E-state index contributed by atoms with van der Waals surface area (Å²) < 4.78 is 0. The lowest BCUT2D eigenvalue weighted by Crippen LogP contribution is -2.40. The molecule has 0 unspecified atom stereocenters. The maximum absolute atomic E-state index is 12.4. The van der Waals surface area contributed by atoms with Gasteiger partial charge in [-0.1, -0.05) is 6.07 Å². The number of anilines is 1. The van der Waals surface area contributed by atoms with Crippen molar-refractivity contribution in [1.82, 2.24) is 4.90 Å². The molecule has 1 aliphatic rings. The zero-order valence-corrected chi connectivity index (χ0v) is 13.9. The topological polar surface area (TPSA) is 93.4 Å². The third-order valence-corrected chi connectivity index (χ3v) is 4.09. The maximum Gasteiger partial charge on any atom is 0.306 e. The molecule has 0 radical (unpaired) electrons. The molecule has 1 amide bonds. The van der Waals surface area contributed by atoms with Crippen molar-refractivity contribution in [2.24, 2.45) is 5.92 Å². The first kappa shape index (κ1) is 17.5. The van der Waals surface area contributed by atoms with Crippen LogP contribution in [0, 0.1) is 31.1 Å². The summed E-state index contributed by atoms with van der Waals surface area (Å²) in [6.45, 7) is 4.67. The van der Waals surface area contributed by atoms with Gasteiger partial charge >= 0.3 is 5.97 Å². The van der Waals surface area contributed by atoms with Crippen LogP contribution >= 0.6 is 0 Å². The standard InChI is InChI=1S/C18H21N3O3/c1-12-7-13(2)9-16(8-12)20-11-15(10-19)17(22)21-5-3-14(4-6-21)18(23)24/h7-9,11,14,20H,3-6H2,1-2H3,(H,23,24)/b15-11-. The molecule has 0 aliphatic carbocycles. The van der Waals surface area contributed by atoms with Crippen molar-refractivity contribution in [3.63, 3.8) is 0 Å². The van der Waals surface area contributed by atoms with Gasteiger partial charge < -0.3 is 15.3 Å². The fraction of sp³-hybridized carbons (Fsp3) is 0.389. The summed E-state index contributed by atoms with van der Waals surface area (Å²) in [6.07, 6.45) is 2.26. The van der Waals surface area contributed by atoms with Crippen molar-refractivity contribution in [2.45, 2.75) is 26.7 Å². The molecule has 6 nitrogen and oxygen atoms in total. The van der Waals surface area contributed by atoms with Gasteiger partial charge in [0.25, 0.3) is 5.91 Å². The smallest absolute Gasteiger partial charge is 0.306 e. The number of aryl methyl sites for hydroxylation is 2. The van der Waals surface area contributed by atoms with Gasteiger partial charge in [-0.25, -0.2) is 0 Å². The highest BCUT2D eigenvalue weighted by Gasteiger charge is 2.28. The molecule has 6 heteroatoms. The zero-order chi connectivity index (χ0) is 17.7. The first-order valence-electron chi connectivity index (χ1n) is 7.88. The Labute approximate surface area is 141 Å². The van der Waals surface area contributed by atoms with Crippen molar-refractivity contribution >= 4 is 17.6 Å². The Morgan fingerprint density at radius 1 is 1.25 bits per heavy atom. The molecule has 1 saturated heterocycles. The average Bonchev–Trinajstić information content (AvgIpc) is 2.54. The number of nitrogens with one attached hydrogen (secondary N) is 1. The maximum atomic E-state index is 12.4. The minimum atomic E-state index is -0.824. The number of carbonyl (C=O) groups excluding carboxylic acids is 1.